The zero-order chi connectivity index (χ0) is 18.4. The Balaban J connectivity index is 1.56. The van der Waals surface area contributed by atoms with Gasteiger partial charge in [-0.1, -0.05) is 6.07 Å². The summed E-state index contributed by atoms with van der Waals surface area (Å²) in [6.45, 7) is 7.11. The second kappa shape index (κ2) is 9.35. The zero-order valence-corrected chi connectivity index (χ0v) is 16.8. The van der Waals surface area contributed by atoms with E-state index in [1.165, 1.54) is 31.5 Å². The minimum atomic E-state index is 0.289. The molecule has 0 saturated carbocycles. The van der Waals surface area contributed by atoms with Crippen LogP contribution in [0.2, 0.25) is 0 Å². The van der Waals surface area contributed by atoms with Gasteiger partial charge >= 0.3 is 0 Å². The highest BCUT2D eigenvalue weighted by atomic mass is 32.1. The first-order chi connectivity index (χ1) is 12.7. The van der Waals surface area contributed by atoms with Crippen LogP contribution in [0.3, 0.4) is 0 Å². The van der Waals surface area contributed by atoms with E-state index < -0.39 is 0 Å². The van der Waals surface area contributed by atoms with Gasteiger partial charge in [-0.3, -0.25) is 9.80 Å². The molecule has 0 amide bonds. The van der Waals surface area contributed by atoms with Crippen molar-refractivity contribution >= 4 is 11.3 Å². The largest absolute Gasteiger partial charge is 0.493 e. The van der Waals surface area contributed by atoms with Crippen LogP contribution >= 0.6 is 11.3 Å². The fourth-order valence-electron chi connectivity index (χ4n) is 3.27. The number of hydrogen-bond donors (Lipinski definition) is 0. The monoisotopic (exact) mass is 375 g/mol. The maximum Gasteiger partial charge on any atom is 0.161 e. The van der Waals surface area contributed by atoms with Gasteiger partial charge in [-0.15, -0.1) is 11.3 Å². The molecule has 26 heavy (non-hydrogen) atoms. The second-order valence-electron chi connectivity index (χ2n) is 6.84. The number of hydrogen-bond acceptors (Lipinski definition) is 6. The molecule has 2 heterocycles. The summed E-state index contributed by atoms with van der Waals surface area (Å²) < 4.78 is 11.5. The van der Waals surface area contributed by atoms with Gasteiger partial charge in [-0.2, -0.15) is 0 Å². The molecule has 1 fully saturated rings. The Morgan fingerprint density at radius 1 is 1.27 bits per heavy atom. The number of rotatable bonds is 9. The Bertz CT molecular complexity index is 672. The van der Waals surface area contributed by atoms with Gasteiger partial charge in [0.15, 0.2) is 11.5 Å². The van der Waals surface area contributed by atoms with Gasteiger partial charge in [0.2, 0.25) is 0 Å². The number of likely N-dealkylation sites (tertiary alicyclic amines) is 1. The number of methoxy groups -OCH3 is 1. The fraction of sp³-hybridized carbons (Fsp3) is 0.550. The lowest BCUT2D eigenvalue weighted by Crippen LogP contribution is -2.25. The van der Waals surface area contributed by atoms with Crippen molar-refractivity contribution < 1.29 is 9.47 Å². The Morgan fingerprint density at radius 2 is 2.08 bits per heavy atom. The van der Waals surface area contributed by atoms with Gasteiger partial charge in [0.1, 0.15) is 11.6 Å². The van der Waals surface area contributed by atoms with E-state index in [1.54, 1.807) is 18.4 Å². The first kappa shape index (κ1) is 19.1. The maximum atomic E-state index is 5.97. The molecule has 1 atom stereocenters. The summed E-state index contributed by atoms with van der Waals surface area (Å²) in [6.07, 6.45) is 4.48. The van der Waals surface area contributed by atoms with E-state index in [1.807, 2.05) is 17.6 Å². The van der Waals surface area contributed by atoms with E-state index >= 15 is 0 Å². The summed E-state index contributed by atoms with van der Waals surface area (Å²) in [7, 11) is 3.83. The molecular weight excluding hydrogens is 346 g/mol. The number of benzene rings is 1. The highest BCUT2D eigenvalue weighted by Gasteiger charge is 2.16. The molecule has 6 heteroatoms. The topological polar surface area (TPSA) is 37.8 Å². The van der Waals surface area contributed by atoms with E-state index in [2.05, 4.69) is 40.9 Å². The lowest BCUT2D eigenvalue weighted by atomic mass is 10.1. The highest BCUT2D eigenvalue weighted by Crippen LogP contribution is 2.30. The van der Waals surface area contributed by atoms with Crippen LogP contribution in [0.15, 0.2) is 29.8 Å². The van der Waals surface area contributed by atoms with Gasteiger partial charge in [-0.25, -0.2) is 4.98 Å². The molecule has 142 valence electrons. The second-order valence-corrected chi connectivity index (χ2v) is 7.77. The summed E-state index contributed by atoms with van der Waals surface area (Å²) >= 11 is 1.70. The Labute approximate surface area is 160 Å². The summed E-state index contributed by atoms with van der Waals surface area (Å²) in [4.78, 5) is 9.17. The molecular formula is C20H29N3O2S. The van der Waals surface area contributed by atoms with Crippen LogP contribution in [0.1, 0.15) is 36.4 Å². The van der Waals surface area contributed by atoms with E-state index in [0.717, 1.165) is 29.6 Å². The molecule has 3 rings (SSSR count). The molecule has 1 aliphatic rings. The van der Waals surface area contributed by atoms with Crippen LogP contribution in [-0.2, 0) is 6.54 Å². The van der Waals surface area contributed by atoms with E-state index in [9.17, 15) is 0 Å². The smallest absolute Gasteiger partial charge is 0.161 e. The minimum Gasteiger partial charge on any atom is -0.493 e. The number of thiazole rings is 1. The Kier molecular flexibility index (Phi) is 6.88. The van der Waals surface area contributed by atoms with Gasteiger partial charge in [-0.05, 0) is 57.6 Å². The average Bonchev–Trinajstić information content (AvgIpc) is 3.36. The number of aromatic nitrogens is 1. The molecule has 5 nitrogen and oxygen atoms in total. The summed E-state index contributed by atoms with van der Waals surface area (Å²) in [5, 5.41) is 3.16. The van der Waals surface area contributed by atoms with Crippen LogP contribution in [0.5, 0.6) is 11.5 Å². The van der Waals surface area contributed by atoms with Crippen LogP contribution in [-0.4, -0.2) is 55.2 Å². The van der Waals surface area contributed by atoms with Crippen LogP contribution in [0.4, 0.5) is 0 Å². The third kappa shape index (κ3) is 4.96. The van der Waals surface area contributed by atoms with Gasteiger partial charge in [0.05, 0.1) is 13.2 Å². The molecule has 1 saturated heterocycles. The van der Waals surface area contributed by atoms with Crippen molar-refractivity contribution in [1.29, 1.82) is 0 Å². The molecule has 1 aromatic carbocycles. The minimum absolute atomic E-state index is 0.289. The van der Waals surface area contributed by atoms with Crippen LogP contribution in [0.25, 0.3) is 0 Å². The van der Waals surface area contributed by atoms with Crippen molar-refractivity contribution in [3.05, 3.63) is 40.3 Å². The Morgan fingerprint density at radius 3 is 2.77 bits per heavy atom. The third-order valence-electron chi connectivity index (χ3n) is 4.99. The number of nitrogens with zero attached hydrogens (tertiary/aromatic N) is 3. The molecule has 1 aliphatic heterocycles. The molecule has 1 aromatic heterocycles. The summed E-state index contributed by atoms with van der Waals surface area (Å²) in [5.41, 5.74) is 1.21. The van der Waals surface area contributed by atoms with Crippen molar-refractivity contribution in [2.24, 2.45) is 0 Å². The van der Waals surface area contributed by atoms with E-state index in [-0.39, 0.29) is 6.04 Å². The van der Waals surface area contributed by atoms with E-state index in [0.29, 0.717) is 6.61 Å². The summed E-state index contributed by atoms with van der Waals surface area (Å²) in [5.74, 6) is 1.63. The van der Waals surface area contributed by atoms with Crippen molar-refractivity contribution in [3.8, 4) is 11.5 Å². The van der Waals surface area contributed by atoms with Gasteiger partial charge in [0.25, 0.3) is 0 Å². The maximum absolute atomic E-state index is 5.97. The molecule has 1 unspecified atom stereocenters. The van der Waals surface area contributed by atoms with Crippen LogP contribution < -0.4 is 9.47 Å². The van der Waals surface area contributed by atoms with Crippen molar-refractivity contribution in [2.75, 3.05) is 40.4 Å². The van der Waals surface area contributed by atoms with Gasteiger partial charge in [0, 0.05) is 24.7 Å². The normalized spacial score (nSPS) is 16.2. The van der Waals surface area contributed by atoms with Crippen molar-refractivity contribution in [1.82, 2.24) is 14.8 Å². The standard InChI is InChI=1S/C20H29N3O2S/c1-16(20-21-8-13-26-20)22(2)15-17-6-7-18(19(14-17)24-3)25-12-11-23-9-4-5-10-23/h6-8,13-14,16H,4-5,9-12,15H2,1-3H3. The first-order valence-corrected chi connectivity index (χ1v) is 10.2. The van der Waals surface area contributed by atoms with Crippen LogP contribution in [0, 0.1) is 0 Å². The van der Waals surface area contributed by atoms with Crippen molar-refractivity contribution in [2.45, 2.75) is 32.4 Å². The fourth-order valence-corrected chi connectivity index (χ4v) is 4.03. The Hall–Kier alpha value is -1.63. The molecule has 0 N–H and O–H groups in total. The zero-order valence-electron chi connectivity index (χ0n) is 16.0. The lowest BCUT2D eigenvalue weighted by molar-refractivity contribution is 0.229. The number of ether oxygens (including phenoxy) is 2. The predicted molar refractivity (Wildman–Crippen MR) is 106 cm³/mol. The molecule has 0 bridgehead atoms. The third-order valence-corrected chi connectivity index (χ3v) is 5.94. The lowest BCUT2D eigenvalue weighted by Gasteiger charge is -2.23. The quantitative estimate of drug-likeness (QED) is 0.666. The van der Waals surface area contributed by atoms with Crippen molar-refractivity contribution in [3.63, 3.8) is 0 Å². The molecule has 0 radical (unpaired) electrons. The molecule has 2 aromatic rings. The highest BCUT2D eigenvalue weighted by molar-refractivity contribution is 7.09. The molecule has 0 aliphatic carbocycles. The van der Waals surface area contributed by atoms with Gasteiger partial charge < -0.3 is 9.47 Å². The first-order valence-electron chi connectivity index (χ1n) is 9.29. The SMILES string of the molecule is COc1cc(CN(C)C(C)c2nccs2)ccc1OCCN1CCCC1. The van der Waals surface area contributed by atoms with E-state index in [4.69, 9.17) is 9.47 Å². The average molecular weight is 376 g/mol. The molecule has 0 spiro atoms. The predicted octanol–water partition coefficient (Wildman–Crippen LogP) is 3.82. The summed E-state index contributed by atoms with van der Waals surface area (Å²) in [6, 6.07) is 6.52.